The average Bonchev–Trinajstić information content (AvgIpc) is 3.41. The zero-order valence-corrected chi connectivity index (χ0v) is 33.6. The lowest BCUT2D eigenvalue weighted by molar-refractivity contribution is -0.437. The van der Waals surface area contributed by atoms with Crippen molar-refractivity contribution in [1.29, 1.82) is 0 Å². The smallest absolute Gasteiger partial charge is 0.303 e. The zero-order chi connectivity index (χ0) is 40.2. The molecule has 294 valence electrons. The summed E-state index contributed by atoms with van der Waals surface area (Å²) in [5, 5.41) is 9.18. The summed E-state index contributed by atoms with van der Waals surface area (Å²) in [6.07, 6.45) is 9.61. The first-order valence-corrected chi connectivity index (χ1v) is 21.5. The van der Waals surface area contributed by atoms with Crippen LogP contribution >= 0.6 is 0 Å². The Morgan fingerprint density at radius 3 is 2.11 bits per heavy atom. The van der Waals surface area contributed by atoms with E-state index in [0.717, 1.165) is 22.7 Å². The maximum absolute atomic E-state index is 13.7. The van der Waals surface area contributed by atoms with E-state index in [9.17, 15) is 45.4 Å². The number of Topliss-reactive ketones (excluding diaryl/α,β-unsaturated/α-hetero) is 2. The van der Waals surface area contributed by atoms with Crippen LogP contribution in [0.1, 0.15) is 131 Å². The van der Waals surface area contributed by atoms with Gasteiger partial charge in [0.15, 0.2) is 17.3 Å². The summed E-state index contributed by atoms with van der Waals surface area (Å²) in [6.45, 7) is 12.4. The van der Waals surface area contributed by atoms with Crippen LogP contribution < -0.4 is 4.90 Å². The second kappa shape index (κ2) is 16.8. The van der Waals surface area contributed by atoms with Gasteiger partial charge in [0.1, 0.15) is 6.54 Å². The van der Waals surface area contributed by atoms with Crippen LogP contribution in [0.3, 0.4) is 0 Å². The van der Waals surface area contributed by atoms with Gasteiger partial charge in [-0.15, -0.1) is 0 Å². The average molecular weight is 786 g/mol. The predicted molar refractivity (Wildman–Crippen MR) is 209 cm³/mol. The molecule has 0 amide bonds. The van der Waals surface area contributed by atoms with Gasteiger partial charge in [-0.2, -0.15) is 21.4 Å². The normalized spacial score (nSPS) is 17.0. The molecule has 0 fully saturated rings. The Morgan fingerprint density at radius 2 is 1.50 bits per heavy atom. The minimum atomic E-state index is -4.51. The number of carboxylic acids is 1. The number of aliphatic carboxylic acids is 1. The number of benzene rings is 2. The number of carbonyl (C=O) groups is 3. The van der Waals surface area contributed by atoms with E-state index in [2.05, 4.69) is 4.90 Å². The fraction of sp³-hybridized carbons (Fsp3) is 0.500. The van der Waals surface area contributed by atoms with Crippen LogP contribution in [0.25, 0.3) is 0 Å². The molecule has 2 aliphatic heterocycles. The van der Waals surface area contributed by atoms with Gasteiger partial charge in [0.05, 0.1) is 16.1 Å². The van der Waals surface area contributed by atoms with Crippen molar-refractivity contribution < 1.29 is 50.0 Å². The number of carboxylic acid groups (broad SMARTS) is 1. The van der Waals surface area contributed by atoms with E-state index in [4.69, 9.17) is 0 Å². The molecule has 2 heterocycles. The molecule has 12 nitrogen and oxygen atoms in total. The van der Waals surface area contributed by atoms with Crippen LogP contribution in [0.4, 0.5) is 11.4 Å². The lowest BCUT2D eigenvalue weighted by Crippen LogP contribution is -2.29. The lowest BCUT2D eigenvalue weighted by Gasteiger charge is -2.27. The minimum Gasteiger partial charge on any atom is -0.481 e. The highest BCUT2D eigenvalue weighted by molar-refractivity contribution is 7.86. The Kier molecular flexibility index (Phi) is 13.3. The summed E-state index contributed by atoms with van der Waals surface area (Å²) in [7, 11) is -8.74. The van der Waals surface area contributed by atoms with Crippen LogP contribution in [0.15, 0.2) is 59.2 Å². The van der Waals surface area contributed by atoms with E-state index in [1.807, 2.05) is 70.4 Å². The first kappa shape index (κ1) is 42.8. The molecule has 3 N–H and O–H groups in total. The fourth-order valence-electron chi connectivity index (χ4n) is 7.66. The van der Waals surface area contributed by atoms with Gasteiger partial charge >= 0.3 is 5.97 Å². The van der Waals surface area contributed by atoms with Crippen LogP contribution in [0.2, 0.25) is 0 Å². The second-order valence-corrected chi connectivity index (χ2v) is 18.1. The summed E-state index contributed by atoms with van der Waals surface area (Å²) in [5.74, 6) is -1.42. The number of fused-ring (bicyclic) bond motifs is 2. The summed E-state index contributed by atoms with van der Waals surface area (Å²) < 4.78 is 68.5. The Morgan fingerprint density at radius 1 is 0.833 bits per heavy atom. The number of allylic oxidation sites excluding steroid dienone is 4. The first-order chi connectivity index (χ1) is 25.1. The highest BCUT2D eigenvalue weighted by Crippen LogP contribution is 2.50. The number of ketones is 2. The molecule has 2 aromatic rings. The van der Waals surface area contributed by atoms with E-state index < -0.39 is 42.8 Å². The van der Waals surface area contributed by atoms with E-state index in [-0.39, 0.29) is 35.8 Å². The van der Waals surface area contributed by atoms with Crippen molar-refractivity contribution in [2.24, 2.45) is 0 Å². The molecule has 2 aromatic carbocycles. The summed E-state index contributed by atoms with van der Waals surface area (Å²) >= 11 is 0. The van der Waals surface area contributed by atoms with Crippen molar-refractivity contribution in [3.63, 3.8) is 0 Å². The van der Waals surface area contributed by atoms with Gasteiger partial charge in [0.2, 0.25) is 5.69 Å². The molecule has 0 saturated carbocycles. The Hall–Kier alpha value is -3.98. The number of carbonyl (C=O) groups excluding carboxylic acids is 2. The third-order valence-corrected chi connectivity index (χ3v) is 11.9. The Bertz CT molecular complexity index is 2130. The topological polar surface area (TPSA) is 186 Å². The molecule has 2 aliphatic rings. The maximum Gasteiger partial charge on any atom is 0.303 e. The van der Waals surface area contributed by atoms with Gasteiger partial charge in [0, 0.05) is 77.9 Å². The number of rotatable bonds is 19. The van der Waals surface area contributed by atoms with Crippen molar-refractivity contribution in [2.75, 3.05) is 23.7 Å². The number of hydrogen-bond acceptors (Lipinski definition) is 8. The fourth-order valence-corrected chi connectivity index (χ4v) is 8.66. The van der Waals surface area contributed by atoms with Crippen molar-refractivity contribution in [3.8, 4) is 0 Å². The van der Waals surface area contributed by atoms with Gasteiger partial charge < -0.3 is 10.0 Å². The summed E-state index contributed by atoms with van der Waals surface area (Å²) in [6, 6.07) is 7.88. The second-order valence-electron chi connectivity index (χ2n) is 15.1. The van der Waals surface area contributed by atoms with Gasteiger partial charge in [-0.05, 0) is 75.4 Å². The Balaban J connectivity index is 1.88. The van der Waals surface area contributed by atoms with Crippen LogP contribution in [0, 0.1) is 0 Å². The van der Waals surface area contributed by atoms with Gasteiger partial charge in [-0.3, -0.25) is 23.5 Å². The molecule has 0 aromatic heterocycles. The predicted octanol–water partition coefficient (Wildman–Crippen LogP) is 7.44. The van der Waals surface area contributed by atoms with E-state index in [0.29, 0.717) is 73.9 Å². The number of unbranched alkanes of at least 4 members (excludes halogenated alkanes) is 2. The highest BCUT2D eigenvalue weighted by atomic mass is 32.2. The molecular formula is C40H53N2O10S2+. The van der Waals surface area contributed by atoms with E-state index in [1.165, 1.54) is 12.1 Å². The SMILES string of the molecule is CCCC(=O)c1cc(C(=O)CCC)c2c(c1)N(CCCCCC(=O)O)C(=CC=CC1=[N+](CCCS(=O)(=O)O)c3ccc(S(=O)(=O)O)cc3C1(C)C)C2(C)C. The summed E-state index contributed by atoms with van der Waals surface area (Å²) in [4.78, 5) is 40.0. The quantitative estimate of drug-likeness (QED) is 0.0556. The molecule has 0 saturated heterocycles. The van der Waals surface area contributed by atoms with Gasteiger partial charge in [-0.1, -0.05) is 40.2 Å². The van der Waals surface area contributed by atoms with Gasteiger partial charge in [0.25, 0.3) is 20.2 Å². The molecule has 0 atom stereocenters. The van der Waals surface area contributed by atoms with Crippen molar-refractivity contribution in [2.45, 2.75) is 115 Å². The number of nitrogens with zero attached hydrogens (tertiary/aromatic N) is 2. The lowest BCUT2D eigenvalue weighted by atomic mass is 9.78. The maximum atomic E-state index is 13.7. The van der Waals surface area contributed by atoms with Crippen LogP contribution in [-0.4, -0.2) is 77.7 Å². The standard InChI is InChI=1S/C40H52N2O10S2/c1-7-14-33(43)27-24-29(34(44)15-8-2)38-32(25-27)42(21-11-9-10-18-37(45)46)36(40(38,5)6)17-12-16-35-39(3,4)30-26-28(54(50,51)52)19-20-31(30)41(35)22-13-23-53(47,48)49/h12,16-17,19-20,24-26H,7-11,13-15,18,21-23H2,1-6H3,(H2-,45,46,47,48,49,50,51,52)/p+1. The largest absolute Gasteiger partial charge is 0.481 e. The van der Waals surface area contributed by atoms with Crippen LogP contribution in [0.5, 0.6) is 0 Å². The number of anilines is 1. The van der Waals surface area contributed by atoms with E-state index >= 15 is 0 Å². The molecule has 0 radical (unpaired) electrons. The molecule has 0 spiro atoms. The number of hydrogen-bond donors (Lipinski definition) is 3. The molecular weight excluding hydrogens is 733 g/mol. The van der Waals surface area contributed by atoms with Crippen LogP contribution in [-0.2, 0) is 35.9 Å². The van der Waals surface area contributed by atoms with Crippen molar-refractivity contribution >= 4 is 54.9 Å². The third kappa shape index (κ3) is 9.45. The summed E-state index contributed by atoms with van der Waals surface area (Å²) in [5.41, 5.74) is 3.92. The third-order valence-electron chi connectivity index (χ3n) is 10.3. The highest BCUT2D eigenvalue weighted by Gasteiger charge is 2.46. The minimum absolute atomic E-state index is 0.0444. The Labute approximate surface area is 319 Å². The van der Waals surface area contributed by atoms with Crippen molar-refractivity contribution in [1.82, 2.24) is 0 Å². The molecule has 0 bridgehead atoms. The molecule has 14 heteroatoms. The van der Waals surface area contributed by atoms with E-state index in [1.54, 1.807) is 12.1 Å². The molecule has 0 aliphatic carbocycles. The first-order valence-electron chi connectivity index (χ1n) is 18.5. The van der Waals surface area contributed by atoms with Gasteiger partial charge in [-0.25, -0.2) is 0 Å². The van der Waals surface area contributed by atoms with Crippen molar-refractivity contribution in [3.05, 3.63) is 76.5 Å². The molecule has 0 unspecified atom stereocenters. The monoisotopic (exact) mass is 785 g/mol. The zero-order valence-electron chi connectivity index (χ0n) is 32.0. The molecule has 4 rings (SSSR count). The molecule has 54 heavy (non-hydrogen) atoms.